The van der Waals surface area contributed by atoms with Crippen LogP contribution in [0.25, 0.3) is 0 Å². The van der Waals surface area contributed by atoms with Crippen molar-refractivity contribution >= 4 is 16.0 Å². The van der Waals surface area contributed by atoms with Crippen molar-refractivity contribution in [3.8, 4) is 0 Å². The van der Waals surface area contributed by atoms with E-state index in [2.05, 4.69) is 4.72 Å². The highest BCUT2D eigenvalue weighted by Crippen LogP contribution is 2.06. The summed E-state index contributed by atoms with van der Waals surface area (Å²) in [5.74, 6) is -0.00771. The van der Waals surface area contributed by atoms with Crippen LogP contribution in [-0.4, -0.2) is 31.6 Å². The van der Waals surface area contributed by atoms with Crippen LogP contribution in [-0.2, 0) is 16.8 Å². The summed E-state index contributed by atoms with van der Waals surface area (Å²) in [7, 11) is -1.93. The first kappa shape index (κ1) is 15.6. The second-order valence-electron chi connectivity index (χ2n) is 4.55. The number of hydrogen-bond acceptors (Lipinski definition) is 3. The van der Waals surface area contributed by atoms with E-state index in [0.29, 0.717) is 5.56 Å². The lowest BCUT2D eigenvalue weighted by molar-refractivity contribution is 0.402. The number of rotatable bonds is 6. The van der Waals surface area contributed by atoms with Gasteiger partial charge in [-0.25, -0.2) is 0 Å². The van der Waals surface area contributed by atoms with Crippen molar-refractivity contribution in [2.24, 2.45) is 5.73 Å². The summed E-state index contributed by atoms with van der Waals surface area (Å²) < 4.78 is 27.6. The average Bonchev–Trinajstić information content (AvgIpc) is 2.35. The van der Waals surface area contributed by atoms with Crippen LogP contribution < -0.4 is 10.5 Å². The van der Waals surface area contributed by atoms with Crippen molar-refractivity contribution in [3.05, 3.63) is 35.4 Å². The van der Waals surface area contributed by atoms with Gasteiger partial charge in [-0.1, -0.05) is 24.3 Å². The SMILES string of the molecule is CC(C)N(C)S(=O)(=O)NCc1ccc(C(=N)N)cc1. The van der Waals surface area contributed by atoms with Crippen LogP contribution >= 0.6 is 0 Å². The molecular formula is C12H20N4O2S. The fraction of sp³-hybridized carbons (Fsp3) is 0.417. The number of nitrogens with one attached hydrogen (secondary N) is 2. The summed E-state index contributed by atoms with van der Waals surface area (Å²) in [6.07, 6.45) is 0. The maximum Gasteiger partial charge on any atom is 0.279 e. The molecule has 0 heterocycles. The van der Waals surface area contributed by atoms with Gasteiger partial charge in [0.2, 0.25) is 0 Å². The lowest BCUT2D eigenvalue weighted by Gasteiger charge is -2.21. The maximum atomic E-state index is 11.9. The number of hydrogen-bond donors (Lipinski definition) is 3. The van der Waals surface area contributed by atoms with E-state index in [-0.39, 0.29) is 18.4 Å². The number of amidine groups is 1. The Morgan fingerprint density at radius 1 is 1.37 bits per heavy atom. The monoisotopic (exact) mass is 284 g/mol. The Labute approximate surface area is 114 Å². The summed E-state index contributed by atoms with van der Waals surface area (Å²) in [5, 5.41) is 7.27. The highest BCUT2D eigenvalue weighted by molar-refractivity contribution is 7.87. The molecule has 0 amide bonds. The molecule has 0 aliphatic heterocycles. The minimum Gasteiger partial charge on any atom is -0.384 e. The molecule has 0 saturated heterocycles. The summed E-state index contributed by atoms with van der Waals surface area (Å²) in [6.45, 7) is 3.82. The smallest absolute Gasteiger partial charge is 0.279 e. The molecule has 106 valence electrons. The standard InChI is InChI=1S/C12H20N4O2S/c1-9(2)16(3)19(17,18)15-8-10-4-6-11(7-5-10)12(13)14/h4-7,9,15H,8H2,1-3H3,(H3,13,14). The van der Waals surface area contributed by atoms with Gasteiger partial charge in [-0.05, 0) is 19.4 Å². The second-order valence-corrected chi connectivity index (χ2v) is 6.36. The predicted octanol–water partition coefficient (Wildman–Crippen LogP) is 0.645. The first-order valence-corrected chi connectivity index (χ1v) is 7.34. The Morgan fingerprint density at radius 2 is 1.89 bits per heavy atom. The molecule has 0 spiro atoms. The van der Waals surface area contributed by atoms with E-state index in [1.807, 2.05) is 0 Å². The van der Waals surface area contributed by atoms with Crippen LogP contribution in [0.1, 0.15) is 25.0 Å². The molecule has 1 aromatic rings. The van der Waals surface area contributed by atoms with Gasteiger partial charge in [0.25, 0.3) is 10.2 Å². The first-order valence-electron chi connectivity index (χ1n) is 5.90. The molecule has 0 aliphatic carbocycles. The minimum absolute atomic E-state index is 0.00771. The molecule has 0 aliphatic rings. The molecule has 0 atom stereocenters. The van der Waals surface area contributed by atoms with Crippen molar-refractivity contribution in [1.82, 2.24) is 9.03 Å². The second kappa shape index (κ2) is 6.14. The Bertz CT molecular complexity index is 537. The third-order valence-corrected chi connectivity index (χ3v) is 4.52. The third kappa shape index (κ3) is 4.30. The van der Waals surface area contributed by atoms with E-state index in [1.54, 1.807) is 38.1 Å². The minimum atomic E-state index is -3.47. The molecule has 0 saturated carbocycles. The highest BCUT2D eigenvalue weighted by atomic mass is 32.2. The molecule has 1 rings (SSSR count). The van der Waals surface area contributed by atoms with Gasteiger partial charge in [0.1, 0.15) is 5.84 Å². The van der Waals surface area contributed by atoms with Crippen molar-refractivity contribution in [2.75, 3.05) is 7.05 Å². The van der Waals surface area contributed by atoms with Crippen molar-refractivity contribution in [1.29, 1.82) is 5.41 Å². The molecule has 0 unspecified atom stereocenters. The molecule has 0 radical (unpaired) electrons. The molecule has 0 fully saturated rings. The van der Waals surface area contributed by atoms with Crippen LogP contribution in [0.15, 0.2) is 24.3 Å². The highest BCUT2D eigenvalue weighted by Gasteiger charge is 2.19. The Morgan fingerprint density at radius 3 is 2.32 bits per heavy atom. The topological polar surface area (TPSA) is 99.3 Å². The van der Waals surface area contributed by atoms with Gasteiger partial charge in [-0.2, -0.15) is 17.4 Å². The lowest BCUT2D eigenvalue weighted by Crippen LogP contribution is -2.41. The van der Waals surface area contributed by atoms with Gasteiger partial charge in [0, 0.05) is 25.2 Å². The van der Waals surface area contributed by atoms with Crippen LogP contribution in [0.2, 0.25) is 0 Å². The predicted molar refractivity (Wildman–Crippen MR) is 76.1 cm³/mol. The molecule has 19 heavy (non-hydrogen) atoms. The fourth-order valence-electron chi connectivity index (χ4n) is 1.36. The molecule has 6 nitrogen and oxygen atoms in total. The third-order valence-electron chi connectivity index (χ3n) is 2.83. The van der Waals surface area contributed by atoms with Crippen molar-refractivity contribution in [3.63, 3.8) is 0 Å². The van der Waals surface area contributed by atoms with Gasteiger partial charge >= 0.3 is 0 Å². The molecule has 0 bridgehead atoms. The number of benzene rings is 1. The zero-order valence-electron chi connectivity index (χ0n) is 11.3. The van der Waals surface area contributed by atoms with Gasteiger partial charge in [0.05, 0.1) is 0 Å². The van der Waals surface area contributed by atoms with E-state index in [9.17, 15) is 8.42 Å². The fourth-order valence-corrected chi connectivity index (χ4v) is 2.46. The molecule has 4 N–H and O–H groups in total. The van der Waals surface area contributed by atoms with Gasteiger partial charge in [-0.3, -0.25) is 5.41 Å². The quantitative estimate of drug-likeness (QED) is 0.528. The van der Waals surface area contributed by atoms with Crippen LogP contribution in [0.4, 0.5) is 0 Å². The zero-order valence-corrected chi connectivity index (χ0v) is 12.2. The summed E-state index contributed by atoms with van der Waals surface area (Å²) >= 11 is 0. The van der Waals surface area contributed by atoms with Crippen LogP contribution in [0.5, 0.6) is 0 Å². The Hall–Kier alpha value is -1.44. The van der Waals surface area contributed by atoms with Crippen LogP contribution in [0, 0.1) is 5.41 Å². The number of nitrogen functional groups attached to an aromatic ring is 1. The summed E-state index contributed by atoms with van der Waals surface area (Å²) in [5.41, 5.74) is 6.77. The summed E-state index contributed by atoms with van der Waals surface area (Å²) in [6, 6.07) is 6.78. The normalized spacial score (nSPS) is 12.1. The van der Waals surface area contributed by atoms with E-state index >= 15 is 0 Å². The maximum absolute atomic E-state index is 11.9. The van der Waals surface area contributed by atoms with Crippen molar-refractivity contribution < 1.29 is 8.42 Å². The zero-order chi connectivity index (χ0) is 14.6. The van der Waals surface area contributed by atoms with Gasteiger partial charge in [0.15, 0.2) is 0 Å². The van der Waals surface area contributed by atoms with E-state index in [0.717, 1.165) is 5.56 Å². The lowest BCUT2D eigenvalue weighted by atomic mass is 10.1. The Balaban J connectivity index is 2.69. The largest absolute Gasteiger partial charge is 0.384 e. The molecule has 7 heteroatoms. The average molecular weight is 284 g/mol. The van der Waals surface area contributed by atoms with Crippen LogP contribution in [0.3, 0.4) is 0 Å². The van der Waals surface area contributed by atoms with E-state index < -0.39 is 10.2 Å². The first-order chi connectivity index (χ1) is 8.74. The van der Waals surface area contributed by atoms with E-state index in [4.69, 9.17) is 11.1 Å². The van der Waals surface area contributed by atoms with E-state index in [1.165, 1.54) is 11.4 Å². The Kier molecular flexibility index (Phi) is 5.04. The van der Waals surface area contributed by atoms with Crippen molar-refractivity contribution in [2.45, 2.75) is 26.4 Å². The molecular weight excluding hydrogens is 264 g/mol. The summed E-state index contributed by atoms with van der Waals surface area (Å²) in [4.78, 5) is 0. The molecule has 0 aromatic heterocycles. The molecule has 1 aromatic carbocycles. The number of nitrogens with two attached hydrogens (primary N) is 1. The van der Waals surface area contributed by atoms with Gasteiger partial charge < -0.3 is 5.73 Å². The van der Waals surface area contributed by atoms with Gasteiger partial charge in [-0.15, -0.1) is 0 Å². The number of nitrogens with zero attached hydrogens (tertiary/aromatic N) is 1.